The number of nitrogens with zero attached hydrogens (tertiary/aromatic N) is 2. The maximum absolute atomic E-state index is 12.0. The van der Waals surface area contributed by atoms with E-state index in [4.69, 9.17) is 14.0 Å². The summed E-state index contributed by atoms with van der Waals surface area (Å²) in [6, 6.07) is 1.15. The second-order valence-electron chi connectivity index (χ2n) is 4.72. The molecular weight excluding hydrogens is 266 g/mol. The van der Waals surface area contributed by atoms with Crippen LogP contribution in [0.2, 0.25) is 0 Å². The topological polar surface area (TPSA) is 118 Å². The van der Waals surface area contributed by atoms with Gasteiger partial charge in [-0.2, -0.15) is 4.98 Å². The molecule has 0 bridgehead atoms. The third-order valence-corrected chi connectivity index (χ3v) is 2.58. The van der Waals surface area contributed by atoms with Crippen molar-refractivity contribution in [2.75, 3.05) is 0 Å². The van der Waals surface area contributed by atoms with Gasteiger partial charge < -0.3 is 19.4 Å². The van der Waals surface area contributed by atoms with Gasteiger partial charge in [-0.25, -0.2) is 4.79 Å². The summed E-state index contributed by atoms with van der Waals surface area (Å²) in [5.41, 5.74) is -0.978. The molecule has 0 aliphatic heterocycles. The number of aromatic nitrogens is 2. The Labute approximate surface area is 113 Å². The Kier molecular flexibility index (Phi) is 3.31. The SMILES string of the molecule is Cc1nc(C(C)(C)NC(=O)c2cc(C(=O)O)co2)no1. The number of furan rings is 1. The van der Waals surface area contributed by atoms with Gasteiger partial charge in [0.05, 0.1) is 11.1 Å². The van der Waals surface area contributed by atoms with Crippen molar-refractivity contribution in [3.05, 3.63) is 35.4 Å². The summed E-state index contributed by atoms with van der Waals surface area (Å²) in [5.74, 6) is -1.14. The van der Waals surface area contributed by atoms with Crippen LogP contribution in [0.5, 0.6) is 0 Å². The quantitative estimate of drug-likeness (QED) is 0.866. The molecule has 0 saturated heterocycles. The highest BCUT2D eigenvalue weighted by atomic mass is 16.5. The van der Waals surface area contributed by atoms with E-state index in [1.807, 2.05) is 0 Å². The lowest BCUT2D eigenvalue weighted by Crippen LogP contribution is -2.41. The Bertz CT molecular complexity index is 656. The van der Waals surface area contributed by atoms with Gasteiger partial charge in [0.2, 0.25) is 5.89 Å². The minimum Gasteiger partial charge on any atom is -0.478 e. The first-order valence-electron chi connectivity index (χ1n) is 5.75. The summed E-state index contributed by atoms with van der Waals surface area (Å²) in [4.78, 5) is 26.8. The number of nitrogens with one attached hydrogen (secondary N) is 1. The third kappa shape index (κ3) is 2.68. The van der Waals surface area contributed by atoms with Gasteiger partial charge >= 0.3 is 5.97 Å². The molecule has 0 aliphatic carbocycles. The van der Waals surface area contributed by atoms with Crippen LogP contribution >= 0.6 is 0 Å². The summed E-state index contributed by atoms with van der Waals surface area (Å²) < 4.78 is 9.78. The van der Waals surface area contributed by atoms with Crippen LogP contribution in [0.25, 0.3) is 0 Å². The van der Waals surface area contributed by atoms with Crippen molar-refractivity contribution < 1.29 is 23.6 Å². The van der Waals surface area contributed by atoms with Crippen LogP contribution in [-0.2, 0) is 5.54 Å². The number of carbonyl (C=O) groups excluding carboxylic acids is 1. The molecule has 0 saturated carbocycles. The number of hydrogen-bond donors (Lipinski definition) is 2. The van der Waals surface area contributed by atoms with Gasteiger partial charge in [0.1, 0.15) is 6.26 Å². The smallest absolute Gasteiger partial charge is 0.338 e. The number of carbonyl (C=O) groups is 2. The van der Waals surface area contributed by atoms with Crippen molar-refractivity contribution >= 4 is 11.9 Å². The molecular formula is C12H13N3O5. The predicted octanol–water partition coefficient (Wildman–Crippen LogP) is 1.33. The maximum Gasteiger partial charge on any atom is 0.338 e. The van der Waals surface area contributed by atoms with Crippen LogP contribution in [-0.4, -0.2) is 27.1 Å². The van der Waals surface area contributed by atoms with Gasteiger partial charge in [0, 0.05) is 13.0 Å². The van der Waals surface area contributed by atoms with E-state index in [1.165, 1.54) is 0 Å². The Morgan fingerprint density at radius 3 is 2.60 bits per heavy atom. The largest absolute Gasteiger partial charge is 0.478 e. The standard InChI is InChI=1S/C12H13N3O5/c1-6-13-11(15-20-6)12(2,3)14-9(16)8-4-7(5-19-8)10(17)18/h4-5H,1-3H3,(H,14,16)(H,17,18). The summed E-state index contributed by atoms with van der Waals surface area (Å²) in [5, 5.41) is 15.2. The van der Waals surface area contributed by atoms with Crippen molar-refractivity contribution in [2.24, 2.45) is 0 Å². The zero-order valence-electron chi connectivity index (χ0n) is 11.1. The highest BCUT2D eigenvalue weighted by molar-refractivity contribution is 5.95. The highest BCUT2D eigenvalue weighted by Crippen LogP contribution is 2.18. The maximum atomic E-state index is 12.0. The molecule has 2 aromatic rings. The van der Waals surface area contributed by atoms with E-state index in [0.29, 0.717) is 11.7 Å². The van der Waals surface area contributed by atoms with Crippen LogP contribution in [0.1, 0.15) is 46.5 Å². The van der Waals surface area contributed by atoms with Gasteiger partial charge in [0.25, 0.3) is 5.91 Å². The lowest BCUT2D eigenvalue weighted by Gasteiger charge is -2.21. The average Bonchev–Trinajstić information content (AvgIpc) is 2.96. The van der Waals surface area contributed by atoms with Gasteiger partial charge in [-0.05, 0) is 13.8 Å². The molecule has 0 aromatic carbocycles. The molecule has 1 amide bonds. The first-order valence-corrected chi connectivity index (χ1v) is 5.75. The Morgan fingerprint density at radius 2 is 2.10 bits per heavy atom. The summed E-state index contributed by atoms with van der Waals surface area (Å²) >= 11 is 0. The van der Waals surface area contributed by atoms with E-state index in [1.54, 1.807) is 20.8 Å². The number of hydrogen-bond acceptors (Lipinski definition) is 6. The van der Waals surface area contributed by atoms with Gasteiger partial charge in [-0.15, -0.1) is 0 Å². The van der Waals surface area contributed by atoms with E-state index < -0.39 is 17.4 Å². The molecule has 0 unspecified atom stereocenters. The number of rotatable bonds is 4. The number of carboxylic acid groups (broad SMARTS) is 1. The van der Waals surface area contributed by atoms with E-state index in [9.17, 15) is 9.59 Å². The number of aromatic carboxylic acids is 1. The molecule has 2 rings (SSSR count). The lowest BCUT2D eigenvalue weighted by atomic mass is 10.0. The van der Waals surface area contributed by atoms with E-state index >= 15 is 0 Å². The van der Waals surface area contributed by atoms with Crippen LogP contribution in [0, 0.1) is 6.92 Å². The van der Waals surface area contributed by atoms with Gasteiger partial charge in [0.15, 0.2) is 11.6 Å². The first-order chi connectivity index (χ1) is 9.29. The van der Waals surface area contributed by atoms with Crippen molar-refractivity contribution in [3.8, 4) is 0 Å². The molecule has 0 spiro atoms. The second kappa shape index (κ2) is 4.80. The number of amides is 1. The molecule has 2 aromatic heterocycles. The van der Waals surface area contributed by atoms with Crippen molar-refractivity contribution in [1.82, 2.24) is 15.5 Å². The third-order valence-electron chi connectivity index (χ3n) is 2.58. The molecule has 8 heteroatoms. The van der Waals surface area contributed by atoms with Crippen molar-refractivity contribution in [1.29, 1.82) is 0 Å². The van der Waals surface area contributed by atoms with Crippen LogP contribution in [0.15, 0.2) is 21.3 Å². The average molecular weight is 279 g/mol. The fourth-order valence-electron chi connectivity index (χ4n) is 1.52. The predicted molar refractivity (Wildman–Crippen MR) is 65.2 cm³/mol. The zero-order chi connectivity index (χ0) is 14.9. The summed E-state index contributed by atoms with van der Waals surface area (Å²) in [6.45, 7) is 5.02. The fraction of sp³-hybridized carbons (Fsp3) is 0.333. The molecule has 2 N–H and O–H groups in total. The Balaban J connectivity index is 2.15. The Morgan fingerprint density at radius 1 is 1.40 bits per heavy atom. The minimum absolute atomic E-state index is 0.0941. The molecule has 0 fully saturated rings. The lowest BCUT2D eigenvalue weighted by molar-refractivity contribution is 0.0695. The van der Waals surface area contributed by atoms with Crippen molar-refractivity contribution in [2.45, 2.75) is 26.3 Å². The monoisotopic (exact) mass is 279 g/mol. The molecule has 0 atom stereocenters. The molecule has 0 radical (unpaired) electrons. The normalized spacial score (nSPS) is 11.3. The summed E-state index contributed by atoms with van der Waals surface area (Å²) in [7, 11) is 0. The van der Waals surface area contributed by atoms with Crippen LogP contribution in [0.3, 0.4) is 0 Å². The molecule has 2 heterocycles. The van der Waals surface area contributed by atoms with E-state index in [2.05, 4.69) is 15.5 Å². The Hall–Kier alpha value is -2.64. The van der Waals surface area contributed by atoms with Gasteiger partial charge in [-0.1, -0.05) is 5.16 Å². The summed E-state index contributed by atoms with van der Waals surface area (Å²) in [6.07, 6.45) is 1.00. The first kappa shape index (κ1) is 13.8. The number of carboxylic acids is 1. The highest BCUT2D eigenvalue weighted by Gasteiger charge is 2.29. The zero-order valence-corrected chi connectivity index (χ0v) is 11.1. The molecule has 106 valence electrons. The van der Waals surface area contributed by atoms with Crippen LogP contribution < -0.4 is 5.32 Å². The fourth-order valence-corrected chi connectivity index (χ4v) is 1.52. The second-order valence-corrected chi connectivity index (χ2v) is 4.72. The molecule has 8 nitrogen and oxygen atoms in total. The number of aryl methyl sites for hydroxylation is 1. The van der Waals surface area contributed by atoms with Crippen molar-refractivity contribution in [3.63, 3.8) is 0 Å². The van der Waals surface area contributed by atoms with E-state index in [0.717, 1.165) is 12.3 Å². The molecule has 20 heavy (non-hydrogen) atoms. The molecule has 0 aliphatic rings. The van der Waals surface area contributed by atoms with Crippen LogP contribution in [0.4, 0.5) is 0 Å². The van der Waals surface area contributed by atoms with E-state index in [-0.39, 0.29) is 11.3 Å². The van der Waals surface area contributed by atoms with Gasteiger partial charge in [-0.3, -0.25) is 4.79 Å². The minimum atomic E-state index is -1.17.